The summed E-state index contributed by atoms with van der Waals surface area (Å²) in [6.07, 6.45) is 11.6. The van der Waals surface area contributed by atoms with E-state index >= 15 is 0 Å². The normalized spacial score (nSPS) is 15.2. The molecule has 2 heteroatoms. The van der Waals surface area contributed by atoms with Crippen LogP contribution in [0.1, 0.15) is 23.6 Å². The monoisotopic (exact) mass is 304 g/mol. The molecule has 0 unspecified atom stereocenters. The average Bonchev–Trinajstić information content (AvgIpc) is 2.63. The molecule has 1 aliphatic rings. The Balaban J connectivity index is 1.74. The zero-order chi connectivity index (χ0) is 16.1. The number of aryl methyl sites for hydroxylation is 1. The average molecular weight is 304 g/mol. The molecule has 0 aliphatic heterocycles. The van der Waals surface area contributed by atoms with E-state index in [1.807, 2.05) is 18.2 Å². The van der Waals surface area contributed by atoms with Gasteiger partial charge in [0.25, 0.3) is 0 Å². The van der Waals surface area contributed by atoms with Crippen LogP contribution in [-0.4, -0.2) is 5.26 Å². The second kappa shape index (κ2) is 7.03. The van der Waals surface area contributed by atoms with Gasteiger partial charge in [-0.3, -0.25) is 0 Å². The van der Waals surface area contributed by atoms with Crippen molar-refractivity contribution >= 4 is 11.6 Å². The van der Waals surface area contributed by atoms with Crippen LogP contribution in [0, 0.1) is 6.42 Å². The Hall–Kier alpha value is -2.71. The maximum atomic E-state index is 6.96. The Kier molecular flexibility index (Phi) is 4.65. The van der Waals surface area contributed by atoms with Gasteiger partial charge in [-0.25, -0.2) is 10.1 Å². The zero-order valence-corrected chi connectivity index (χ0v) is 13.1. The fourth-order valence-corrected chi connectivity index (χ4v) is 2.56. The molecule has 0 fully saturated rings. The number of allylic oxidation sites excluding steroid dienone is 5. The fraction of sp³-hybridized carbons (Fsp3) is 0.0952. The van der Waals surface area contributed by atoms with Crippen LogP contribution in [0.5, 0.6) is 5.75 Å². The highest BCUT2D eigenvalue weighted by Gasteiger charge is 1.99. The van der Waals surface area contributed by atoms with Crippen LogP contribution >= 0.6 is 0 Å². The van der Waals surface area contributed by atoms with E-state index in [2.05, 4.69) is 66.8 Å². The molecule has 3 rings (SSSR count). The van der Waals surface area contributed by atoms with Crippen molar-refractivity contribution in [3.63, 3.8) is 0 Å². The smallest absolute Gasteiger partial charge is 0.213 e. The van der Waals surface area contributed by atoms with E-state index in [1.165, 1.54) is 16.7 Å². The van der Waals surface area contributed by atoms with Gasteiger partial charge in [0.1, 0.15) is 0 Å². The second-order valence-electron chi connectivity index (χ2n) is 5.49. The quantitative estimate of drug-likeness (QED) is 0.354. The molecule has 0 bridgehead atoms. The molecule has 2 N–H and O–H groups in total. The molecule has 0 radical (unpaired) electrons. The van der Waals surface area contributed by atoms with Gasteiger partial charge in [-0.05, 0) is 24.1 Å². The summed E-state index contributed by atoms with van der Waals surface area (Å²) >= 11 is 0. The van der Waals surface area contributed by atoms with Gasteiger partial charge in [0.2, 0.25) is 5.75 Å². The molecule has 116 valence electrons. The van der Waals surface area contributed by atoms with Crippen LogP contribution in [0.2, 0.25) is 0 Å². The van der Waals surface area contributed by atoms with Gasteiger partial charge in [0, 0.05) is 0 Å². The van der Waals surface area contributed by atoms with Crippen molar-refractivity contribution in [1.29, 1.82) is 0 Å². The summed E-state index contributed by atoms with van der Waals surface area (Å²) in [6, 6.07) is 16.2. The van der Waals surface area contributed by atoms with E-state index in [9.17, 15) is 0 Å². The minimum atomic E-state index is 0.548. The number of hydrogen-bond acceptors (Lipinski definition) is 1. The van der Waals surface area contributed by atoms with Crippen molar-refractivity contribution in [2.24, 2.45) is 0 Å². The van der Waals surface area contributed by atoms with Gasteiger partial charge in [0.05, 0.1) is 0 Å². The van der Waals surface area contributed by atoms with Crippen molar-refractivity contribution < 1.29 is 10.1 Å². The van der Waals surface area contributed by atoms with E-state index < -0.39 is 0 Å². The molecule has 0 spiro atoms. The van der Waals surface area contributed by atoms with Gasteiger partial charge in [-0.1, -0.05) is 60.0 Å². The highest BCUT2D eigenvalue weighted by molar-refractivity contribution is 5.80. The van der Waals surface area contributed by atoms with E-state index in [0.717, 1.165) is 17.6 Å². The first-order valence-electron chi connectivity index (χ1n) is 7.76. The first-order valence-corrected chi connectivity index (χ1v) is 7.76. The summed E-state index contributed by atoms with van der Waals surface area (Å²) in [6.45, 7) is 2.17. The lowest BCUT2D eigenvalue weighted by molar-refractivity contribution is -0.137. The lowest BCUT2D eigenvalue weighted by Crippen LogP contribution is -1.91. The maximum absolute atomic E-state index is 6.96. The van der Waals surface area contributed by atoms with Crippen LogP contribution < -0.4 is 4.89 Å². The molecule has 0 heterocycles. The summed E-state index contributed by atoms with van der Waals surface area (Å²) in [5.74, 6) is 0.548. The first-order chi connectivity index (χ1) is 11.3. The number of hydrogen-bond donors (Lipinski definition) is 0. The Labute approximate surface area is 137 Å². The second-order valence-corrected chi connectivity index (χ2v) is 5.49. The highest BCUT2D eigenvalue weighted by Crippen LogP contribution is 2.25. The molecule has 1 aliphatic carbocycles. The first kappa shape index (κ1) is 15.2. The predicted molar refractivity (Wildman–Crippen MR) is 95.9 cm³/mol. The van der Waals surface area contributed by atoms with Gasteiger partial charge < -0.3 is 0 Å². The molecule has 2 aromatic carbocycles. The van der Waals surface area contributed by atoms with E-state index in [4.69, 9.17) is 5.26 Å². The summed E-state index contributed by atoms with van der Waals surface area (Å²) in [5.41, 5.74) is 5.96. The van der Waals surface area contributed by atoms with Crippen LogP contribution in [-0.2, 0) is 6.42 Å². The molecule has 0 saturated heterocycles. The van der Waals surface area contributed by atoms with Crippen LogP contribution in [0.3, 0.4) is 0 Å². The molecule has 2 aromatic rings. The van der Waals surface area contributed by atoms with Crippen molar-refractivity contribution in [2.45, 2.75) is 13.3 Å². The Morgan fingerprint density at radius 3 is 2.57 bits per heavy atom. The topological polar surface area (TPSA) is 32.1 Å². The Bertz CT molecular complexity index is 765. The van der Waals surface area contributed by atoms with Crippen molar-refractivity contribution in [3.05, 3.63) is 95.4 Å². The minimum Gasteiger partial charge on any atom is -0.227 e. The van der Waals surface area contributed by atoms with Crippen molar-refractivity contribution in [3.8, 4) is 5.75 Å². The van der Waals surface area contributed by atoms with Crippen LogP contribution in [0.25, 0.3) is 11.6 Å². The summed E-state index contributed by atoms with van der Waals surface area (Å²) in [4.78, 5) is 4.52. The third-order valence-electron chi connectivity index (χ3n) is 3.92. The van der Waals surface area contributed by atoms with Gasteiger partial charge in [0.15, 0.2) is 0 Å². The lowest BCUT2D eigenvalue weighted by atomic mass is 9.95. The summed E-state index contributed by atoms with van der Waals surface area (Å²) < 4.78 is 0. The Morgan fingerprint density at radius 2 is 1.91 bits per heavy atom. The molecule has 0 saturated carbocycles. The summed E-state index contributed by atoms with van der Waals surface area (Å²) in [5, 5.41) is 6.96. The molecule has 0 amide bonds. The SMILES string of the molecule is CCc1ccc(C2=C[CH-]/C(=C\c3cccc(O[OH2+])c3)C=C2)cc1. The van der Waals surface area contributed by atoms with Gasteiger partial charge in [-0.15, -0.1) is 36.3 Å². The number of benzene rings is 2. The minimum absolute atomic E-state index is 0.548. The van der Waals surface area contributed by atoms with E-state index in [1.54, 1.807) is 6.07 Å². The maximum Gasteiger partial charge on any atom is 0.213 e. The van der Waals surface area contributed by atoms with E-state index in [0.29, 0.717) is 5.75 Å². The zero-order valence-electron chi connectivity index (χ0n) is 13.1. The van der Waals surface area contributed by atoms with Crippen molar-refractivity contribution in [1.82, 2.24) is 0 Å². The standard InChI is InChI=1S/C21H19O2/c1-2-16-6-10-19(11-7-16)20-12-8-17(9-13-20)14-18-4-3-5-21(15-18)23-22/h3-15,22H,2H2,1H3/q-1/p+1. The molecule has 0 aromatic heterocycles. The fourth-order valence-electron chi connectivity index (χ4n) is 2.56. The molecular formula is C21H20O2. The highest BCUT2D eigenvalue weighted by atomic mass is 17.1. The van der Waals surface area contributed by atoms with Gasteiger partial charge >= 0.3 is 0 Å². The molecular weight excluding hydrogens is 284 g/mol. The van der Waals surface area contributed by atoms with Crippen molar-refractivity contribution in [2.75, 3.05) is 0 Å². The molecule has 2 nitrogen and oxygen atoms in total. The Morgan fingerprint density at radius 1 is 1.09 bits per heavy atom. The predicted octanol–water partition coefficient (Wildman–Crippen LogP) is 4.51. The lowest BCUT2D eigenvalue weighted by Gasteiger charge is -2.18. The van der Waals surface area contributed by atoms with Gasteiger partial charge in [-0.2, -0.15) is 0 Å². The largest absolute Gasteiger partial charge is 0.227 e. The van der Waals surface area contributed by atoms with E-state index in [-0.39, 0.29) is 0 Å². The van der Waals surface area contributed by atoms with Crippen LogP contribution in [0.15, 0.2) is 72.3 Å². The summed E-state index contributed by atoms with van der Waals surface area (Å²) in [7, 11) is 0. The van der Waals surface area contributed by atoms with Crippen LogP contribution in [0.4, 0.5) is 0 Å². The molecule has 23 heavy (non-hydrogen) atoms. The number of rotatable bonds is 4. The third kappa shape index (κ3) is 3.74. The molecule has 0 atom stereocenters. The third-order valence-corrected chi connectivity index (χ3v) is 3.92.